The standard InChI is InChI=1S/C22H23N7O2S/c1-23-13-2-4-14(5-3-13)26-22(32)29-8-6-28(7-9-29)21-19-15-10-17(30)18(31)11-16(15)27-20(19)24-12-25-21/h2-5,10-12,23,30-31H,6-9H2,1H3,(H,26,32)(H,24,25,27). The maximum atomic E-state index is 9.99. The van der Waals surface area contributed by atoms with E-state index in [2.05, 4.69) is 35.4 Å². The van der Waals surface area contributed by atoms with Crippen LogP contribution in [0.3, 0.4) is 0 Å². The average Bonchev–Trinajstić information content (AvgIpc) is 3.17. The van der Waals surface area contributed by atoms with Crippen LogP contribution >= 0.6 is 12.2 Å². The van der Waals surface area contributed by atoms with Crippen LogP contribution in [0.25, 0.3) is 21.9 Å². The number of fused-ring (bicyclic) bond motifs is 3. The quantitative estimate of drug-likeness (QED) is 0.238. The maximum absolute atomic E-state index is 9.99. The first-order chi connectivity index (χ1) is 15.5. The van der Waals surface area contributed by atoms with E-state index in [0.717, 1.165) is 54.1 Å². The fraction of sp³-hybridized carbons (Fsp3) is 0.227. The summed E-state index contributed by atoms with van der Waals surface area (Å²) in [4.78, 5) is 16.4. The first-order valence-corrected chi connectivity index (χ1v) is 10.7. The van der Waals surface area contributed by atoms with Gasteiger partial charge in [0.05, 0.1) is 10.9 Å². The van der Waals surface area contributed by atoms with Crippen molar-refractivity contribution in [2.24, 2.45) is 0 Å². The number of phenolic OH excluding ortho intramolecular Hbond substituents is 2. The zero-order chi connectivity index (χ0) is 22.2. The molecule has 0 radical (unpaired) electrons. The monoisotopic (exact) mass is 449 g/mol. The lowest BCUT2D eigenvalue weighted by Gasteiger charge is -2.37. The van der Waals surface area contributed by atoms with Crippen LogP contribution in [0.15, 0.2) is 42.7 Å². The highest BCUT2D eigenvalue weighted by Gasteiger charge is 2.23. The van der Waals surface area contributed by atoms with Gasteiger partial charge in [0.25, 0.3) is 0 Å². The molecule has 3 heterocycles. The second-order valence-electron chi connectivity index (χ2n) is 7.66. The van der Waals surface area contributed by atoms with Gasteiger partial charge in [0.15, 0.2) is 16.6 Å². The Bertz CT molecular complexity index is 1300. The van der Waals surface area contributed by atoms with Crippen molar-refractivity contribution >= 4 is 56.5 Å². The Hall–Kier alpha value is -3.79. The zero-order valence-electron chi connectivity index (χ0n) is 17.5. The van der Waals surface area contributed by atoms with E-state index in [4.69, 9.17) is 12.2 Å². The third kappa shape index (κ3) is 3.58. The van der Waals surface area contributed by atoms with Crippen molar-refractivity contribution < 1.29 is 10.2 Å². The maximum Gasteiger partial charge on any atom is 0.173 e. The van der Waals surface area contributed by atoms with E-state index >= 15 is 0 Å². The molecule has 1 aliphatic rings. The molecule has 10 heteroatoms. The molecule has 1 aliphatic heterocycles. The zero-order valence-corrected chi connectivity index (χ0v) is 18.3. The van der Waals surface area contributed by atoms with Gasteiger partial charge in [-0.2, -0.15) is 0 Å². The van der Waals surface area contributed by atoms with Gasteiger partial charge in [-0.15, -0.1) is 0 Å². The number of benzene rings is 2. The number of hydrogen-bond acceptors (Lipinski definition) is 7. The molecule has 9 nitrogen and oxygen atoms in total. The Morgan fingerprint density at radius 3 is 2.41 bits per heavy atom. The summed E-state index contributed by atoms with van der Waals surface area (Å²) in [5, 5.41) is 28.5. The highest BCUT2D eigenvalue weighted by atomic mass is 32.1. The molecular weight excluding hydrogens is 426 g/mol. The average molecular weight is 450 g/mol. The molecule has 0 bridgehead atoms. The molecule has 0 saturated carbocycles. The number of H-pyrrole nitrogens is 1. The lowest BCUT2D eigenvalue weighted by atomic mass is 10.1. The third-order valence-electron chi connectivity index (χ3n) is 5.76. The molecule has 1 saturated heterocycles. The number of anilines is 3. The van der Waals surface area contributed by atoms with Gasteiger partial charge in [-0.1, -0.05) is 0 Å². The number of aromatic nitrogens is 3. The van der Waals surface area contributed by atoms with Gasteiger partial charge in [-0.05, 0) is 42.5 Å². The summed E-state index contributed by atoms with van der Waals surface area (Å²) < 4.78 is 0. The van der Waals surface area contributed by atoms with Crippen LogP contribution in [-0.4, -0.2) is 68.4 Å². The van der Waals surface area contributed by atoms with Crippen molar-refractivity contribution in [3.63, 3.8) is 0 Å². The number of thiocarbonyl (C=S) groups is 1. The van der Waals surface area contributed by atoms with Crippen molar-refractivity contribution in [1.29, 1.82) is 0 Å². The van der Waals surface area contributed by atoms with Crippen molar-refractivity contribution in [3.8, 4) is 11.5 Å². The molecule has 164 valence electrons. The van der Waals surface area contributed by atoms with Crippen molar-refractivity contribution in [3.05, 3.63) is 42.7 Å². The summed E-state index contributed by atoms with van der Waals surface area (Å²) in [6.07, 6.45) is 1.53. The molecule has 2 aromatic carbocycles. The smallest absolute Gasteiger partial charge is 0.173 e. The number of phenols is 2. The minimum atomic E-state index is -0.172. The molecule has 1 fully saturated rings. The number of nitrogens with zero attached hydrogens (tertiary/aromatic N) is 4. The van der Waals surface area contributed by atoms with E-state index in [9.17, 15) is 10.2 Å². The van der Waals surface area contributed by atoms with E-state index in [1.165, 1.54) is 12.4 Å². The molecule has 5 rings (SSSR count). The van der Waals surface area contributed by atoms with Gasteiger partial charge in [0.1, 0.15) is 17.8 Å². The van der Waals surface area contributed by atoms with Crippen molar-refractivity contribution in [2.45, 2.75) is 0 Å². The molecule has 0 unspecified atom stereocenters. The van der Waals surface area contributed by atoms with E-state index < -0.39 is 0 Å². The molecule has 0 spiro atoms. The fourth-order valence-electron chi connectivity index (χ4n) is 4.02. The minimum absolute atomic E-state index is 0.169. The van der Waals surface area contributed by atoms with E-state index in [1.807, 2.05) is 31.3 Å². The Labute approximate surface area is 189 Å². The van der Waals surface area contributed by atoms with Crippen LogP contribution in [0, 0.1) is 0 Å². The Balaban J connectivity index is 1.33. The number of hydrogen-bond donors (Lipinski definition) is 5. The van der Waals surface area contributed by atoms with Crippen LogP contribution < -0.4 is 15.5 Å². The lowest BCUT2D eigenvalue weighted by molar-refractivity contribution is 0.390. The second kappa shape index (κ2) is 8.04. The van der Waals surface area contributed by atoms with Gasteiger partial charge in [0, 0.05) is 56.1 Å². The summed E-state index contributed by atoms with van der Waals surface area (Å²) >= 11 is 5.62. The number of aromatic hydroxyl groups is 2. The fourth-order valence-corrected chi connectivity index (χ4v) is 4.32. The van der Waals surface area contributed by atoms with Crippen LogP contribution in [0.1, 0.15) is 0 Å². The predicted octanol–water partition coefficient (Wildman–Crippen LogP) is 3.08. The lowest BCUT2D eigenvalue weighted by Crippen LogP contribution is -2.50. The highest BCUT2D eigenvalue weighted by molar-refractivity contribution is 7.80. The Morgan fingerprint density at radius 1 is 1.00 bits per heavy atom. The molecule has 5 N–H and O–H groups in total. The summed E-state index contributed by atoms with van der Waals surface area (Å²) in [5.41, 5.74) is 3.37. The van der Waals surface area contributed by atoms with E-state index in [1.54, 1.807) is 6.07 Å². The SMILES string of the molecule is CNc1ccc(NC(=S)N2CCN(c3ncnc4[nH]c5cc(O)c(O)cc5c34)CC2)cc1. The molecule has 4 aromatic rings. The van der Waals surface area contributed by atoms with Gasteiger partial charge >= 0.3 is 0 Å². The number of rotatable bonds is 3. The minimum Gasteiger partial charge on any atom is -0.504 e. The van der Waals surface area contributed by atoms with Crippen LogP contribution in [0.5, 0.6) is 11.5 Å². The van der Waals surface area contributed by atoms with Crippen molar-refractivity contribution in [2.75, 3.05) is 48.8 Å². The topological polar surface area (TPSA) is 113 Å². The van der Waals surface area contributed by atoms with Crippen LogP contribution in [0.4, 0.5) is 17.2 Å². The molecule has 32 heavy (non-hydrogen) atoms. The van der Waals surface area contributed by atoms with Gasteiger partial charge in [-0.3, -0.25) is 0 Å². The van der Waals surface area contributed by atoms with E-state index in [-0.39, 0.29) is 11.5 Å². The molecule has 0 amide bonds. The third-order valence-corrected chi connectivity index (χ3v) is 6.12. The Kier molecular flexibility index (Phi) is 5.06. The highest BCUT2D eigenvalue weighted by Crippen LogP contribution is 2.37. The summed E-state index contributed by atoms with van der Waals surface area (Å²) in [7, 11) is 1.89. The van der Waals surface area contributed by atoms with E-state index in [0.29, 0.717) is 16.3 Å². The summed E-state index contributed by atoms with van der Waals surface area (Å²) in [6, 6.07) is 11.0. The second-order valence-corrected chi connectivity index (χ2v) is 8.05. The van der Waals surface area contributed by atoms with Crippen LogP contribution in [0.2, 0.25) is 0 Å². The van der Waals surface area contributed by atoms with Gasteiger partial charge < -0.3 is 35.6 Å². The number of aromatic amines is 1. The Morgan fingerprint density at radius 2 is 1.69 bits per heavy atom. The predicted molar refractivity (Wildman–Crippen MR) is 131 cm³/mol. The van der Waals surface area contributed by atoms with Gasteiger partial charge in [-0.25, -0.2) is 9.97 Å². The van der Waals surface area contributed by atoms with Gasteiger partial charge in [0.2, 0.25) is 0 Å². The largest absolute Gasteiger partial charge is 0.504 e. The van der Waals surface area contributed by atoms with Crippen LogP contribution in [-0.2, 0) is 0 Å². The molecule has 2 aromatic heterocycles. The molecular formula is C22H23N7O2S. The normalized spacial score (nSPS) is 14.2. The first kappa shape index (κ1) is 20.1. The first-order valence-electron chi connectivity index (χ1n) is 10.3. The molecule has 0 atom stereocenters. The number of piperazine rings is 1. The summed E-state index contributed by atoms with van der Waals surface area (Å²) in [6.45, 7) is 2.98. The summed E-state index contributed by atoms with van der Waals surface area (Å²) in [5.74, 6) is 0.457. The molecule has 0 aliphatic carbocycles. The number of nitrogens with one attached hydrogen (secondary N) is 3. The van der Waals surface area contributed by atoms with Crippen molar-refractivity contribution in [1.82, 2.24) is 19.9 Å².